The Morgan fingerprint density at radius 3 is 1.98 bits per heavy atom. The van der Waals surface area contributed by atoms with Crippen LogP contribution in [-0.2, 0) is 20.0 Å². The van der Waals surface area contributed by atoms with Crippen LogP contribution in [0.3, 0.4) is 0 Å². The van der Waals surface area contributed by atoms with Gasteiger partial charge in [0.15, 0.2) is 0 Å². The number of sulfonamides is 2. The second-order valence-corrected chi connectivity index (χ2v) is 13.4. The number of hydrogen-bond acceptors (Lipinski definition) is 8. The van der Waals surface area contributed by atoms with E-state index >= 15 is 0 Å². The summed E-state index contributed by atoms with van der Waals surface area (Å²) in [5.41, 5.74) is 1.26. The lowest BCUT2D eigenvalue weighted by atomic mass is 10.2. The molecule has 2 N–H and O–H groups in total. The summed E-state index contributed by atoms with van der Waals surface area (Å²) in [4.78, 5) is 13.9. The summed E-state index contributed by atoms with van der Waals surface area (Å²) in [5.74, 6) is 0.325. The third-order valence-electron chi connectivity index (χ3n) is 6.28. The van der Waals surface area contributed by atoms with E-state index in [2.05, 4.69) is 10.0 Å². The maximum Gasteiger partial charge on any atom is 0.264 e. The fourth-order valence-electron chi connectivity index (χ4n) is 3.89. The van der Waals surface area contributed by atoms with Gasteiger partial charge in [-0.3, -0.25) is 13.8 Å². The molecule has 0 saturated carbocycles. The van der Waals surface area contributed by atoms with E-state index in [9.17, 15) is 21.6 Å². The molecule has 220 valence electrons. The second kappa shape index (κ2) is 12.8. The summed E-state index contributed by atoms with van der Waals surface area (Å²) in [6, 6.07) is 23.1. The Hall–Kier alpha value is -4.20. The van der Waals surface area contributed by atoms with E-state index in [4.69, 9.17) is 9.47 Å². The van der Waals surface area contributed by atoms with Crippen LogP contribution in [0.1, 0.15) is 10.4 Å². The van der Waals surface area contributed by atoms with Crippen molar-refractivity contribution >= 4 is 54.8 Å². The molecule has 0 aromatic heterocycles. The molecule has 0 spiro atoms. The first-order valence-corrected chi connectivity index (χ1v) is 16.5. The number of anilines is 3. The standard InChI is InChI=1S/C29H29N3O7S3/c1-32(42(36,37)26-16-12-24(40-4)13-17-26)22-9-5-20(6-10-22)29(33)30-21-7-14-25(15-8-21)41(34,35)31-27-19-23(38-2)11-18-28(27)39-3/h5-19,31H,1-4H3,(H,30,33). The highest BCUT2D eigenvalue weighted by Gasteiger charge is 2.22. The number of methoxy groups -OCH3 is 2. The molecular formula is C29H29N3O7S3. The van der Waals surface area contributed by atoms with Crippen molar-refractivity contribution in [2.45, 2.75) is 14.7 Å². The van der Waals surface area contributed by atoms with Gasteiger partial charge in [0.2, 0.25) is 0 Å². The number of rotatable bonds is 11. The van der Waals surface area contributed by atoms with Crippen molar-refractivity contribution in [3.8, 4) is 11.5 Å². The summed E-state index contributed by atoms with van der Waals surface area (Å²) >= 11 is 1.52. The number of benzene rings is 4. The molecule has 0 radical (unpaired) electrons. The van der Waals surface area contributed by atoms with E-state index in [1.54, 1.807) is 36.4 Å². The van der Waals surface area contributed by atoms with Crippen molar-refractivity contribution in [1.82, 2.24) is 0 Å². The molecule has 4 aromatic rings. The van der Waals surface area contributed by atoms with Crippen molar-refractivity contribution < 1.29 is 31.1 Å². The Labute approximate surface area is 249 Å². The van der Waals surface area contributed by atoms with Crippen LogP contribution >= 0.6 is 11.8 Å². The minimum atomic E-state index is -3.97. The van der Waals surface area contributed by atoms with E-state index in [1.165, 1.54) is 87.6 Å². The van der Waals surface area contributed by atoms with E-state index < -0.39 is 26.0 Å². The van der Waals surface area contributed by atoms with Crippen LogP contribution < -0.4 is 23.8 Å². The number of ether oxygens (including phenoxy) is 2. The van der Waals surface area contributed by atoms with Crippen molar-refractivity contribution in [3.63, 3.8) is 0 Å². The number of nitrogens with one attached hydrogen (secondary N) is 2. The van der Waals surface area contributed by atoms with E-state index in [0.717, 1.165) is 9.20 Å². The molecule has 0 atom stereocenters. The monoisotopic (exact) mass is 627 g/mol. The molecule has 10 nitrogen and oxygen atoms in total. The first kappa shape index (κ1) is 30.8. The van der Waals surface area contributed by atoms with Crippen LogP contribution in [0.15, 0.2) is 106 Å². The summed E-state index contributed by atoms with van der Waals surface area (Å²) in [7, 11) is -3.41. The molecule has 42 heavy (non-hydrogen) atoms. The van der Waals surface area contributed by atoms with Gasteiger partial charge in [0.05, 0.1) is 35.4 Å². The Morgan fingerprint density at radius 2 is 1.40 bits per heavy atom. The average Bonchev–Trinajstić information content (AvgIpc) is 3.00. The van der Waals surface area contributed by atoms with Crippen molar-refractivity contribution in [2.75, 3.05) is 41.9 Å². The van der Waals surface area contributed by atoms with Crippen LogP contribution in [0.25, 0.3) is 0 Å². The molecule has 0 aliphatic heterocycles. The van der Waals surface area contributed by atoms with Gasteiger partial charge < -0.3 is 14.8 Å². The third kappa shape index (κ3) is 6.81. The highest BCUT2D eigenvalue weighted by atomic mass is 32.2. The molecule has 13 heteroatoms. The zero-order valence-electron chi connectivity index (χ0n) is 23.2. The first-order valence-electron chi connectivity index (χ1n) is 12.4. The number of thioether (sulfide) groups is 1. The van der Waals surface area contributed by atoms with Crippen LogP contribution in [0.4, 0.5) is 17.1 Å². The normalized spacial score (nSPS) is 11.4. The van der Waals surface area contributed by atoms with Gasteiger partial charge in [0.1, 0.15) is 11.5 Å². The molecule has 0 aliphatic rings. The Kier molecular flexibility index (Phi) is 9.34. The molecule has 0 heterocycles. The second-order valence-electron chi connectivity index (χ2n) is 8.85. The number of nitrogens with zero attached hydrogens (tertiary/aromatic N) is 1. The quantitative estimate of drug-likeness (QED) is 0.214. The maximum absolute atomic E-state index is 13.0. The molecule has 0 unspecified atom stereocenters. The number of carbonyl (C=O) groups is 1. The maximum atomic E-state index is 13.0. The zero-order chi connectivity index (χ0) is 30.5. The van der Waals surface area contributed by atoms with Crippen LogP contribution in [0.5, 0.6) is 11.5 Å². The predicted octanol–water partition coefficient (Wildman–Crippen LogP) is 5.30. The van der Waals surface area contributed by atoms with Gasteiger partial charge in [-0.25, -0.2) is 16.8 Å². The van der Waals surface area contributed by atoms with Crippen LogP contribution in [0.2, 0.25) is 0 Å². The molecule has 4 aromatic carbocycles. The highest BCUT2D eigenvalue weighted by Crippen LogP contribution is 2.31. The largest absolute Gasteiger partial charge is 0.497 e. The van der Waals surface area contributed by atoms with Gasteiger partial charge in [-0.1, -0.05) is 0 Å². The van der Waals surface area contributed by atoms with E-state index in [0.29, 0.717) is 22.9 Å². The summed E-state index contributed by atoms with van der Waals surface area (Å²) in [6.07, 6.45) is 1.91. The van der Waals surface area contributed by atoms with Gasteiger partial charge in [0.25, 0.3) is 26.0 Å². The molecule has 0 saturated heterocycles. The molecule has 1 amide bonds. The van der Waals surface area contributed by atoms with Crippen molar-refractivity contribution in [2.24, 2.45) is 0 Å². The van der Waals surface area contributed by atoms with Gasteiger partial charge >= 0.3 is 0 Å². The first-order chi connectivity index (χ1) is 20.0. The zero-order valence-corrected chi connectivity index (χ0v) is 25.6. The molecule has 0 bridgehead atoms. The lowest BCUT2D eigenvalue weighted by Crippen LogP contribution is -2.26. The molecule has 4 rings (SSSR count). The minimum absolute atomic E-state index is 0.0259. The SMILES string of the molecule is COc1ccc(OC)c(NS(=O)(=O)c2ccc(NC(=O)c3ccc(N(C)S(=O)(=O)c4ccc(SC)cc4)cc3)cc2)c1. The van der Waals surface area contributed by atoms with Gasteiger partial charge in [0, 0.05) is 29.3 Å². The van der Waals surface area contributed by atoms with Gasteiger partial charge in [-0.05, 0) is 91.2 Å². The topological polar surface area (TPSA) is 131 Å². The Balaban J connectivity index is 1.43. The van der Waals surface area contributed by atoms with Crippen LogP contribution in [0, 0.1) is 0 Å². The Bertz CT molecular complexity index is 1780. The summed E-state index contributed by atoms with van der Waals surface area (Å²) < 4.78 is 66.0. The highest BCUT2D eigenvalue weighted by molar-refractivity contribution is 7.98. The van der Waals surface area contributed by atoms with Crippen molar-refractivity contribution in [3.05, 3.63) is 96.6 Å². The average molecular weight is 628 g/mol. The number of hydrogen-bond donors (Lipinski definition) is 2. The van der Waals surface area contributed by atoms with Crippen molar-refractivity contribution in [1.29, 1.82) is 0 Å². The summed E-state index contributed by atoms with van der Waals surface area (Å²) in [6.45, 7) is 0. The van der Waals surface area contributed by atoms with Gasteiger partial charge in [-0.15, -0.1) is 11.8 Å². The lowest BCUT2D eigenvalue weighted by molar-refractivity contribution is 0.102. The Morgan fingerprint density at radius 1 is 0.786 bits per heavy atom. The molecule has 0 aliphatic carbocycles. The summed E-state index contributed by atoms with van der Waals surface area (Å²) in [5, 5.41) is 2.71. The van der Waals surface area contributed by atoms with E-state index in [1.807, 2.05) is 6.26 Å². The number of amides is 1. The molecule has 0 fully saturated rings. The lowest BCUT2D eigenvalue weighted by Gasteiger charge is -2.20. The smallest absolute Gasteiger partial charge is 0.264 e. The third-order valence-corrected chi connectivity index (χ3v) is 10.2. The van der Waals surface area contributed by atoms with Gasteiger partial charge in [-0.2, -0.15) is 0 Å². The van der Waals surface area contributed by atoms with E-state index in [-0.39, 0.29) is 21.0 Å². The minimum Gasteiger partial charge on any atom is -0.497 e. The van der Waals surface area contributed by atoms with Crippen LogP contribution in [-0.4, -0.2) is 50.3 Å². The fraction of sp³-hybridized carbons (Fsp3) is 0.138. The predicted molar refractivity (Wildman–Crippen MR) is 165 cm³/mol. The number of carbonyl (C=O) groups excluding carboxylic acids is 1. The fourth-order valence-corrected chi connectivity index (χ4v) is 6.55. The molecular weight excluding hydrogens is 599 g/mol.